The second kappa shape index (κ2) is 8.21. The van der Waals surface area contributed by atoms with Crippen molar-refractivity contribution < 1.29 is 24.2 Å². The van der Waals surface area contributed by atoms with Gasteiger partial charge in [-0.2, -0.15) is 0 Å². The zero-order chi connectivity index (χ0) is 20.4. The van der Waals surface area contributed by atoms with Gasteiger partial charge in [-0.15, -0.1) is 0 Å². The van der Waals surface area contributed by atoms with Crippen molar-refractivity contribution in [2.75, 3.05) is 27.9 Å². The summed E-state index contributed by atoms with van der Waals surface area (Å²) >= 11 is 0. The van der Waals surface area contributed by atoms with Gasteiger partial charge in [0.1, 0.15) is 35.6 Å². The van der Waals surface area contributed by atoms with E-state index in [2.05, 4.69) is 6.07 Å². The lowest BCUT2D eigenvalue weighted by atomic mass is 10.00. The number of hydrogen-bond donors (Lipinski definition) is 2. The third-order valence-electron chi connectivity index (χ3n) is 6.02. The highest BCUT2D eigenvalue weighted by Crippen LogP contribution is 2.33. The Morgan fingerprint density at radius 1 is 0.931 bits per heavy atom. The highest BCUT2D eigenvalue weighted by Gasteiger charge is 2.33. The minimum Gasteiger partial charge on any atom is -0.507 e. The first kappa shape index (κ1) is 19.4. The Balaban J connectivity index is 1.70. The maximum atomic E-state index is 10.7. The van der Waals surface area contributed by atoms with Crippen molar-refractivity contribution in [3.8, 4) is 23.0 Å². The first-order valence-corrected chi connectivity index (χ1v) is 9.99. The molecular weight excluding hydrogens is 366 g/mol. The molecular formula is C24H28NO4+. The Morgan fingerprint density at radius 3 is 2.41 bits per heavy atom. The zero-order valence-corrected chi connectivity index (χ0v) is 17.2. The van der Waals surface area contributed by atoms with Gasteiger partial charge in [-0.05, 0) is 41.1 Å². The fraction of sp³-hybridized carbons (Fsp3) is 0.333. The molecule has 3 aromatic rings. The fourth-order valence-corrected chi connectivity index (χ4v) is 4.49. The molecule has 1 aliphatic rings. The molecule has 4 rings (SSSR count). The molecule has 1 heterocycles. The first-order valence-electron chi connectivity index (χ1n) is 9.99. The molecule has 0 amide bonds. The number of nitrogens with one attached hydrogen (secondary N) is 1. The molecule has 0 saturated carbocycles. The summed E-state index contributed by atoms with van der Waals surface area (Å²) in [7, 11) is 5.04. The maximum Gasteiger partial charge on any atom is 0.131 e. The van der Waals surface area contributed by atoms with Crippen molar-refractivity contribution >= 4 is 10.8 Å². The maximum absolute atomic E-state index is 10.7. The Bertz CT molecular complexity index is 1020. The van der Waals surface area contributed by atoms with E-state index in [0.29, 0.717) is 11.8 Å². The van der Waals surface area contributed by atoms with E-state index in [1.807, 2.05) is 36.4 Å². The SMILES string of the molecule is COc1ccc([C@H]2CCC[NH+]2Cc2c(O)ccc3ccc(OC)cc23)c(OC)c1. The summed E-state index contributed by atoms with van der Waals surface area (Å²) in [4.78, 5) is 1.43. The average Bonchev–Trinajstić information content (AvgIpc) is 3.22. The average molecular weight is 394 g/mol. The van der Waals surface area contributed by atoms with Gasteiger partial charge in [0, 0.05) is 18.9 Å². The summed E-state index contributed by atoms with van der Waals surface area (Å²) in [5.74, 6) is 2.79. The van der Waals surface area contributed by atoms with Gasteiger partial charge < -0.3 is 24.2 Å². The van der Waals surface area contributed by atoms with E-state index in [-0.39, 0.29) is 0 Å². The predicted molar refractivity (Wildman–Crippen MR) is 113 cm³/mol. The third-order valence-corrected chi connectivity index (χ3v) is 6.02. The minimum atomic E-state index is 0.316. The van der Waals surface area contributed by atoms with Crippen molar-refractivity contribution in [3.05, 3.63) is 59.7 Å². The fourth-order valence-electron chi connectivity index (χ4n) is 4.49. The lowest BCUT2D eigenvalue weighted by molar-refractivity contribution is -0.931. The Labute approximate surface area is 171 Å². The van der Waals surface area contributed by atoms with Gasteiger partial charge in [-0.1, -0.05) is 12.1 Å². The largest absolute Gasteiger partial charge is 0.507 e. The number of quaternary nitrogens is 1. The van der Waals surface area contributed by atoms with Crippen molar-refractivity contribution in [2.45, 2.75) is 25.4 Å². The van der Waals surface area contributed by atoms with Crippen molar-refractivity contribution in [2.24, 2.45) is 0 Å². The molecule has 29 heavy (non-hydrogen) atoms. The number of fused-ring (bicyclic) bond motifs is 1. The molecule has 0 aromatic heterocycles. The highest BCUT2D eigenvalue weighted by molar-refractivity contribution is 5.88. The molecule has 1 aliphatic heterocycles. The second-order valence-corrected chi connectivity index (χ2v) is 7.54. The molecule has 0 spiro atoms. The van der Waals surface area contributed by atoms with Crippen LogP contribution in [0.5, 0.6) is 23.0 Å². The molecule has 2 N–H and O–H groups in total. The number of likely N-dealkylation sites (tertiary alicyclic amines) is 1. The van der Waals surface area contributed by atoms with E-state index in [0.717, 1.165) is 59.5 Å². The van der Waals surface area contributed by atoms with Crippen LogP contribution in [-0.2, 0) is 6.54 Å². The van der Waals surface area contributed by atoms with Gasteiger partial charge in [0.25, 0.3) is 0 Å². The molecule has 1 fully saturated rings. The summed E-state index contributed by atoms with van der Waals surface area (Å²) in [6, 6.07) is 16.1. The van der Waals surface area contributed by atoms with Gasteiger partial charge >= 0.3 is 0 Å². The summed E-state index contributed by atoms with van der Waals surface area (Å²) in [5.41, 5.74) is 2.16. The zero-order valence-electron chi connectivity index (χ0n) is 17.2. The van der Waals surface area contributed by atoms with Crippen molar-refractivity contribution in [1.82, 2.24) is 0 Å². The summed E-state index contributed by atoms with van der Waals surface area (Å²) in [6.07, 6.45) is 2.23. The predicted octanol–water partition coefficient (Wildman–Crippen LogP) is 3.49. The summed E-state index contributed by atoms with van der Waals surface area (Å²) < 4.78 is 16.4. The number of aromatic hydroxyl groups is 1. The van der Waals surface area contributed by atoms with Crippen LogP contribution in [0.4, 0.5) is 0 Å². The van der Waals surface area contributed by atoms with Crippen LogP contribution in [0.1, 0.15) is 30.0 Å². The monoisotopic (exact) mass is 394 g/mol. The van der Waals surface area contributed by atoms with Crippen LogP contribution in [0.25, 0.3) is 10.8 Å². The normalized spacial score (nSPS) is 18.7. The van der Waals surface area contributed by atoms with E-state index < -0.39 is 0 Å². The smallest absolute Gasteiger partial charge is 0.131 e. The Hall–Kier alpha value is -2.92. The topological polar surface area (TPSA) is 52.4 Å². The molecule has 5 heteroatoms. The number of ether oxygens (including phenoxy) is 3. The second-order valence-electron chi connectivity index (χ2n) is 7.54. The van der Waals surface area contributed by atoms with Gasteiger partial charge in [0.2, 0.25) is 0 Å². The number of phenols is 1. The number of phenolic OH excluding ortho intramolecular Hbond substituents is 1. The van der Waals surface area contributed by atoms with E-state index in [9.17, 15) is 5.11 Å². The van der Waals surface area contributed by atoms with Crippen LogP contribution in [0.3, 0.4) is 0 Å². The molecule has 152 valence electrons. The van der Waals surface area contributed by atoms with Crippen LogP contribution in [0.2, 0.25) is 0 Å². The lowest BCUT2D eigenvalue weighted by Gasteiger charge is -2.24. The minimum absolute atomic E-state index is 0.316. The third kappa shape index (κ3) is 3.70. The van der Waals surface area contributed by atoms with E-state index in [1.54, 1.807) is 27.4 Å². The van der Waals surface area contributed by atoms with Crippen LogP contribution >= 0.6 is 0 Å². The first-order chi connectivity index (χ1) is 14.1. The molecule has 0 aliphatic carbocycles. The number of benzene rings is 3. The highest BCUT2D eigenvalue weighted by atomic mass is 16.5. The standard InChI is InChI=1S/C24H27NO4/c1-27-17-8-6-16-7-11-23(26)21(20(16)13-17)15-25-12-4-5-22(25)19-10-9-18(28-2)14-24(19)29-3/h6-11,13-14,22,26H,4-5,12,15H2,1-3H3/p+1/t22-/m1/s1. The Morgan fingerprint density at radius 2 is 1.66 bits per heavy atom. The van der Waals surface area contributed by atoms with Crippen LogP contribution in [0, 0.1) is 0 Å². The molecule has 0 radical (unpaired) electrons. The van der Waals surface area contributed by atoms with Crippen molar-refractivity contribution in [3.63, 3.8) is 0 Å². The molecule has 5 nitrogen and oxygen atoms in total. The molecule has 1 saturated heterocycles. The Kier molecular flexibility index (Phi) is 5.49. The summed E-state index contributed by atoms with van der Waals surface area (Å²) in [6.45, 7) is 1.80. The number of methoxy groups -OCH3 is 3. The van der Waals surface area contributed by atoms with Crippen molar-refractivity contribution in [1.29, 1.82) is 0 Å². The van der Waals surface area contributed by atoms with Crippen LogP contribution in [0.15, 0.2) is 48.5 Å². The molecule has 1 unspecified atom stereocenters. The van der Waals surface area contributed by atoms with Gasteiger partial charge in [0.05, 0.1) is 39.0 Å². The van der Waals surface area contributed by atoms with E-state index >= 15 is 0 Å². The van der Waals surface area contributed by atoms with Gasteiger partial charge in [-0.25, -0.2) is 0 Å². The lowest BCUT2D eigenvalue weighted by Crippen LogP contribution is -3.08. The van der Waals surface area contributed by atoms with Crippen LogP contribution < -0.4 is 19.1 Å². The van der Waals surface area contributed by atoms with Crippen LogP contribution in [-0.4, -0.2) is 33.0 Å². The van der Waals surface area contributed by atoms with Gasteiger partial charge in [-0.3, -0.25) is 0 Å². The van der Waals surface area contributed by atoms with E-state index in [1.165, 1.54) is 10.5 Å². The van der Waals surface area contributed by atoms with E-state index in [4.69, 9.17) is 14.2 Å². The number of rotatable bonds is 6. The molecule has 0 bridgehead atoms. The molecule has 3 aromatic carbocycles. The summed E-state index contributed by atoms with van der Waals surface area (Å²) in [5, 5.41) is 12.8. The molecule has 2 atom stereocenters. The quantitative estimate of drug-likeness (QED) is 0.672. The van der Waals surface area contributed by atoms with Gasteiger partial charge in [0.15, 0.2) is 0 Å². The number of hydrogen-bond acceptors (Lipinski definition) is 4.